The van der Waals surface area contributed by atoms with Crippen LogP contribution in [0.25, 0.3) is 0 Å². The fraction of sp³-hybridized carbons (Fsp3) is 0.125. The zero-order chi connectivity index (χ0) is 9.84. The molecule has 0 aliphatic carbocycles. The SMILES string of the molecule is COC(=O)N(Br)c1ccc(Cl)cc1. The second-order valence-corrected chi connectivity index (χ2v) is 3.37. The van der Waals surface area contributed by atoms with Crippen molar-refractivity contribution < 1.29 is 9.53 Å². The Kier molecular flexibility index (Phi) is 3.57. The molecule has 13 heavy (non-hydrogen) atoms. The molecule has 0 saturated heterocycles. The van der Waals surface area contributed by atoms with Crippen molar-refractivity contribution in [3.05, 3.63) is 29.3 Å². The number of nitrogens with zero attached hydrogens (tertiary/aromatic N) is 1. The number of halogens is 2. The summed E-state index contributed by atoms with van der Waals surface area (Å²) < 4.78 is 5.72. The van der Waals surface area contributed by atoms with Gasteiger partial charge in [0.15, 0.2) is 0 Å². The summed E-state index contributed by atoms with van der Waals surface area (Å²) in [6, 6.07) is 6.78. The summed E-state index contributed by atoms with van der Waals surface area (Å²) >= 11 is 8.73. The Hall–Kier alpha value is -0.740. The predicted octanol–water partition coefficient (Wildman–Crippen LogP) is 3.22. The predicted molar refractivity (Wildman–Crippen MR) is 55.3 cm³/mol. The van der Waals surface area contributed by atoms with E-state index in [2.05, 4.69) is 20.9 Å². The molecule has 1 rings (SSSR count). The maximum absolute atomic E-state index is 11.0. The van der Waals surface area contributed by atoms with Crippen LogP contribution in [0.2, 0.25) is 5.02 Å². The van der Waals surface area contributed by atoms with Crippen molar-refractivity contribution in [1.29, 1.82) is 0 Å². The minimum Gasteiger partial charge on any atom is -0.452 e. The molecule has 0 unspecified atom stereocenters. The third-order valence-electron chi connectivity index (χ3n) is 1.39. The number of ether oxygens (including phenoxy) is 1. The first kappa shape index (κ1) is 10.3. The van der Waals surface area contributed by atoms with E-state index in [9.17, 15) is 4.79 Å². The van der Waals surface area contributed by atoms with E-state index < -0.39 is 6.09 Å². The van der Waals surface area contributed by atoms with E-state index in [1.165, 1.54) is 11.0 Å². The lowest BCUT2D eigenvalue weighted by Gasteiger charge is -2.12. The Morgan fingerprint density at radius 1 is 1.46 bits per heavy atom. The Balaban J connectivity index is 2.83. The second-order valence-electron chi connectivity index (χ2n) is 2.23. The van der Waals surface area contributed by atoms with Gasteiger partial charge in [-0.3, -0.25) is 0 Å². The lowest BCUT2D eigenvalue weighted by Crippen LogP contribution is -2.19. The first-order chi connectivity index (χ1) is 6.15. The Bertz CT molecular complexity index is 302. The molecule has 0 aliphatic rings. The number of hydrogen-bond donors (Lipinski definition) is 0. The largest absolute Gasteiger partial charge is 0.452 e. The first-order valence-electron chi connectivity index (χ1n) is 3.44. The molecule has 0 radical (unpaired) electrons. The van der Waals surface area contributed by atoms with Crippen molar-refractivity contribution in [2.45, 2.75) is 0 Å². The maximum Gasteiger partial charge on any atom is 0.424 e. The number of carbonyl (C=O) groups excluding carboxylic acids is 1. The van der Waals surface area contributed by atoms with E-state index in [0.29, 0.717) is 10.7 Å². The van der Waals surface area contributed by atoms with E-state index in [-0.39, 0.29) is 0 Å². The van der Waals surface area contributed by atoms with Gasteiger partial charge >= 0.3 is 6.09 Å². The zero-order valence-electron chi connectivity index (χ0n) is 6.83. The summed E-state index contributed by atoms with van der Waals surface area (Å²) in [5.74, 6) is 0. The van der Waals surface area contributed by atoms with E-state index in [4.69, 9.17) is 11.6 Å². The number of hydrogen-bond acceptors (Lipinski definition) is 2. The Morgan fingerprint density at radius 2 is 2.00 bits per heavy atom. The molecule has 1 aromatic carbocycles. The van der Waals surface area contributed by atoms with Gasteiger partial charge in [-0.25, -0.2) is 8.72 Å². The van der Waals surface area contributed by atoms with Gasteiger partial charge in [-0.2, -0.15) is 0 Å². The molecule has 0 aromatic heterocycles. The summed E-state index contributed by atoms with van der Waals surface area (Å²) in [7, 11) is 1.31. The van der Waals surface area contributed by atoms with Gasteiger partial charge in [-0.05, 0) is 24.3 Å². The van der Waals surface area contributed by atoms with Gasteiger partial charge in [0.25, 0.3) is 0 Å². The molecule has 5 heteroatoms. The number of anilines is 1. The summed E-state index contributed by atoms with van der Waals surface area (Å²) in [5, 5.41) is 0.620. The second kappa shape index (κ2) is 4.48. The van der Waals surface area contributed by atoms with Crippen LogP contribution in [-0.2, 0) is 4.74 Å². The maximum atomic E-state index is 11.0. The average molecular weight is 265 g/mol. The van der Waals surface area contributed by atoms with Crippen LogP contribution in [0, 0.1) is 0 Å². The van der Waals surface area contributed by atoms with Crippen LogP contribution in [0.5, 0.6) is 0 Å². The topological polar surface area (TPSA) is 29.5 Å². The minimum absolute atomic E-state index is 0.484. The number of methoxy groups -OCH3 is 1. The normalized spacial score (nSPS) is 9.46. The van der Waals surface area contributed by atoms with Crippen LogP contribution in [0.3, 0.4) is 0 Å². The number of amides is 1. The summed E-state index contributed by atoms with van der Waals surface area (Å²) in [6.07, 6.45) is -0.484. The molecule has 3 nitrogen and oxygen atoms in total. The number of carbonyl (C=O) groups is 1. The van der Waals surface area contributed by atoms with Gasteiger partial charge < -0.3 is 4.74 Å². The molecular weight excluding hydrogens is 257 g/mol. The van der Waals surface area contributed by atoms with Crippen molar-refractivity contribution in [3.63, 3.8) is 0 Å². The molecule has 1 amide bonds. The highest BCUT2D eigenvalue weighted by Gasteiger charge is 2.11. The molecule has 0 heterocycles. The molecule has 0 saturated carbocycles. The highest BCUT2D eigenvalue weighted by atomic mass is 79.9. The molecule has 0 spiro atoms. The van der Waals surface area contributed by atoms with Gasteiger partial charge in [0.05, 0.1) is 28.9 Å². The fourth-order valence-corrected chi connectivity index (χ4v) is 1.26. The zero-order valence-corrected chi connectivity index (χ0v) is 9.17. The molecule has 70 valence electrons. The van der Waals surface area contributed by atoms with Gasteiger partial charge in [0.2, 0.25) is 0 Å². The lowest BCUT2D eigenvalue weighted by atomic mass is 10.3. The van der Waals surface area contributed by atoms with Crippen molar-refractivity contribution >= 4 is 39.5 Å². The third kappa shape index (κ3) is 2.60. The molecular formula is C8H7BrClNO2. The van der Waals surface area contributed by atoms with Crippen LogP contribution in [0.15, 0.2) is 24.3 Å². The Labute approximate surface area is 89.6 Å². The van der Waals surface area contributed by atoms with Crippen LogP contribution in [0.1, 0.15) is 0 Å². The van der Waals surface area contributed by atoms with Crippen molar-refractivity contribution in [3.8, 4) is 0 Å². The lowest BCUT2D eigenvalue weighted by molar-refractivity contribution is 0.184. The van der Waals surface area contributed by atoms with E-state index >= 15 is 0 Å². The molecule has 0 N–H and O–H groups in total. The van der Waals surface area contributed by atoms with Crippen LogP contribution >= 0.6 is 27.7 Å². The fourth-order valence-electron chi connectivity index (χ4n) is 0.758. The number of benzene rings is 1. The molecule has 0 atom stereocenters. The third-order valence-corrected chi connectivity index (χ3v) is 2.34. The molecule has 0 bridgehead atoms. The average Bonchev–Trinajstić information content (AvgIpc) is 2.17. The quantitative estimate of drug-likeness (QED) is 0.729. The summed E-state index contributed by atoms with van der Waals surface area (Å²) in [6.45, 7) is 0. The van der Waals surface area contributed by atoms with Crippen molar-refractivity contribution in [1.82, 2.24) is 0 Å². The van der Waals surface area contributed by atoms with Crippen molar-refractivity contribution in [2.24, 2.45) is 0 Å². The van der Waals surface area contributed by atoms with E-state index in [1.54, 1.807) is 24.3 Å². The summed E-state index contributed by atoms with van der Waals surface area (Å²) in [4.78, 5) is 11.0. The highest BCUT2D eigenvalue weighted by Crippen LogP contribution is 2.21. The van der Waals surface area contributed by atoms with E-state index in [0.717, 1.165) is 0 Å². The van der Waals surface area contributed by atoms with Gasteiger partial charge in [-0.15, -0.1) is 0 Å². The standard InChI is InChI=1S/C8H7BrClNO2/c1-13-8(12)11(9)7-4-2-6(10)3-5-7/h2-5H,1H3. The molecule has 0 fully saturated rings. The monoisotopic (exact) mass is 263 g/mol. The van der Waals surface area contributed by atoms with Gasteiger partial charge in [0.1, 0.15) is 0 Å². The molecule has 0 aliphatic heterocycles. The smallest absolute Gasteiger partial charge is 0.424 e. The van der Waals surface area contributed by atoms with Crippen LogP contribution in [0.4, 0.5) is 10.5 Å². The van der Waals surface area contributed by atoms with Crippen LogP contribution < -0.4 is 3.93 Å². The van der Waals surface area contributed by atoms with Gasteiger partial charge in [0, 0.05) is 5.02 Å². The number of rotatable bonds is 1. The van der Waals surface area contributed by atoms with Crippen molar-refractivity contribution in [2.75, 3.05) is 11.0 Å². The first-order valence-corrected chi connectivity index (χ1v) is 4.53. The minimum atomic E-state index is -0.484. The Morgan fingerprint density at radius 3 is 2.46 bits per heavy atom. The van der Waals surface area contributed by atoms with Gasteiger partial charge in [-0.1, -0.05) is 11.6 Å². The van der Waals surface area contributed by atoms with Crippen LogP contribution in [-0.4, -0.2) is 13.2 Å². The van der Waals surface area contributed by atoms with E-state index in [1.807, 2.05) is 0 Å². The summed E-state index contributed by atoms with van der Waals surface area (Å²) in [5.41, 5.74) is 0.663. The highest BCUT2D eigenvalue weighted by molar-refractivity contribution is 9.10. The molecule has 1 aromatic rings.